The minimum Gasteiger partial charge on any atom is -0.289 e. The smallest absolute Gasteiger partial charge is 0.188 e. The molecule has 0 amide bonds. The van der Waals surface area contributed by atoms with Crippen LogP contribution in [0, 0.1) is 0 Å². The predicted molar refractivity (Wildman–Crippen MR) is 77.8 cm³/mol. The van der Waals surface area contributed by atoms with Crippen molar-refractivity contribution in [3.63, 3.8) is 0 Å². The van der Waals surface area contributed by atoms with Crippen molar-refractivity contribution in [2.75, 3.05) is 6.16 Å². The highest BCUT2D eigenvalue weighted by Crippen LogP contribution is 2.19. The van der Waals surface area contributed by atoms with Gasteiger partial charge in [0.15, 0.2) is 5.78 Å². The monoisotopic (exact) mass is 248 g/mol. The van der Waals surface area contributed by atoms with E-state index in [0.29, 0.717) is 5.92 Å². The highest BCUT2D eigenvalue weighted by molar-refractivity contribution is 7.16. The summed E-state index contributed by atoms with van der Waals surface area (Å²) in [5.41, 5.74) is 2.96. The van der Waals surface area contributed by atoms with E-state index in [9.17, 15) is 4.79 Å². The lowest BCUT2D eigenvalue weighted by molar-refractivity contribution is 0.103. The Morgan fingerprint density at radius 3 is 2.35 bits per heavy atom. The van der Waals surface area contributed by atoms with Gasteiger partial charge in [0.05, 0.1) is 0 Å². The first-order valence-corrected chi connectivity index (χ1v) is 6.95. The number of rotatable bonds is 5. The number of allylic oxidation sites excluding steroid dienone is 2. The molecule has 0 heterocycles. The number of hydrogen-bond acceptors (Lipinski definition) is 1. The zero-order valence-corrected chi connectivity index (χ0v) is 12.0. The maximum absolute atomic E-state index is 12.1. The van der Waals surface area contributed by atoms with E-state index in [0.717, 1.165) is 23.7 Å². The molecule has 92 valence electrons. The minimum atomic E-state index is 0.153. The van der Waals surface area contributed by atoms with E-state index < -0.39 is 0 Å². The van der Waals surface area contributed by atoms with Gasteiger partial charge in [0.2, 0.25) is 0 Å². The van der Waals surface area contributed by atoms with E-state index in [4.69, 9.17) is 0 Å². The Bertz CT molecular complexity index is 403. The van der Waals surface area contributed by atoms with Crippen molar-refractivity contribution >= 4 is 15.0 Å². The van der Waals surface area contributed by atoms with Crippen LogP contribution in [0.25, 0.3) is 0 Å². The number of carbonyl (C=O) groups is 1. The Morgan fingerprint density at radius 2 is 1.94 bits per heavy atom. The summed E-state index contributed by atoms with van der Waals surface area (Å²) in [4.78, 5) is 12.1. The molecule has 17 heavy (non-hydrogen) atoms. The van der Waals surface area contributed by atoms with Crippen molar-refractivity contribution in [1.82, 2.24) is 0 Å². The molecule has 0 saturated heterocycles. The molecule has 1 aromatic rings. The highest BCUT2D eigenvalue weighted by atomic mass is 31.0. The molecule has 1 nitrogen and oxygen atoms in total. The molecule has 0 aliphatic heterocycles. The van der Waals surface area contributed by atoms with Gasteiger partial charge < -0.3 is 0 Å². The Labute approximate surface area is 107 Å². The van der Waals surface area contributed by atoms with Crippen LogP contribution in [-0.4, -0.2) is 11.9 Å². The van der Waals surface area contributed by atoms with Gasteiger partial charge in [-0.25, -0.2) is 0 Å². The van der Waals surface area contributed by atoms with Gasteiger partial charge in [-0.05, 0) is 36.6 Å². The number of ketones is 1. The average molecular weight is 248 g/mol. The molecule has 0 saturated carbocycles. The fourth-order valence-electron chi connectivity index (χ4n) is 1.78. The Kier molecular flexibility index (Phi) is 5.58. The summed E-state index contributed by atoms with van der Waals surface area (Å²) in [7, 11) is 2.75. The Morgan fingerprint density at radius 1 is 1.35 bits per heavy atom. The quantitative estimate of drug-likeness (QED) is 0.433. The molecule has 0 bridgehead atoms. The Balaban J connectivity index is 2.91. The molecule has 0 aliphatic rings. The van der Waals surface area contributed by atoms with Crippen LogP contribution in [0.5, 0.6) is 0 Å². The van der Waals surface area contributed by atoms with Crippen molar-refractivity contribution in [2.24, 2.45) is 0 Å². The lowest BCUT2D eigenvalue weighted by Crippen LogP contribution is -2.03. The molecule has 0 spiro atoms. The van der Waals surface area contributed by atoms with Crippen molar-refractivity contribution in [2.45, 2.75) is 33.1 Å². The second-order valence-electron chi connectivity index (χ2n) is 4.26. The van der Waals surface area contributed by atoms with Crippen LogP contribution in [-0.2, 0) is 0 Å². The third-order valence-corrected chi connectivity index (χ3v) is 3.82. The van der Waals surface area contributed by atoms with Crippen molar-refractivity contribution in [1.29, 1.82) is 0 Å². The zero-order valence-electron chi connectivity index (χ0n) is 10.9. The molecule has 2 atom stereocenters. The van der Waals surface area contributed by atoms with Crippen LogP contribution in [0.2, 0.25) is 0 Å². The van der Waals surface area contributed by atoms with Gasteiger partial charge in [-0.3, -0.25) is 4.79 Å². The summed E-state index contributed by atoms with van der Waals surface area (Å²) in [5, 5.41) is 0. The maximum atomic E-state index is 12.1. The molecule has 2 heteroatoms. The molecule has 0 aliphatic carbocycles. The largest absolute Gasteiger partial charge is 0.289 e. The summed E-state index contributed by atoms with van der Waals surface area (Å²) in [5.74, 6) is 0.677. The van der Waals surface area contributed by atoms with E-state index >= 15 is 0 Å². The molecule has 0 radical (unpaired) electrons. The molecule has 0 fully saturated rings. The zero-order chi connectivity index (χ0) is 12.8. The van der Waals surface area contributed by atoms with E-state index in [-0.39, 0.29) is 5.78 Å². The fraction of sp³-hybridized carbons (Fsp3) is 0.400. The molecule has 2 unspecified atom stereocenters. The first kappa shape index (κ1) is 14.1. The molecular formula is C15H21OP. The topological polar surface area (TPSA) is 17.1 Å². The predicted octanol–water partition coefficient (Wildman–Crippen LogP) is 4.20. The summed E-state index contributed by atoms with van der Waals surface area (Å²) in [6, 6.07) is 8.00. The van der Waals surface area contributed by atoms with E-state index in [1.54, 1.807) is 0 Å². The standard InChI is InChI=1S/C15H21OP/c1-4-12(5-2)15(16)14-8-6-13(7-9-14)11(3)10-17/h4,6-9,11H,5,10,17H2,1-3H3/b12-4+. The SMILES string of the molecule is C/C=C(\CC)C(=O)c1ccc(C(C)CP)cc1. The second-order valence-corrected chi connectivity index (χ2v) is 4.73. The maximum Gasteiger partial charge on any atom is 0.188 e. The van der Waals surface area contributed by atoms with Gasteiger partial charge in [0, 0.05) is 5.56 Å². The lowest BCUT2D eigenvalue weighted by atomic mass is 9.97. The molecular weight excluding hydrogens is 227 g/mol. The first-order valence-electron chi connectivity index (χ1n) is 6.13. The number of hydrogen-bond donors (Lipinski definition) is 0. The molecule has 0 aromatic heterocycles. The second kappa shape index (κ2) is 6.71. The summed E-state index contributed by atoms with van der Waals surface area (Å²) in [6.07, 6.45) is 3.74. The fourth-order valence-corrected chi connectivity index (χ4v) is 2.05. The lowest BCUT2D eigenvalue weighted by Gasteiger charge is -2.09. The molecule has 1 rings (SSSR count). The van der Waals surface area contributed by atoms with Crippen LogP contribution < -0.4 is 0 Å². The van der Waals surface area contributed by atoms with Gasteiger partial charge in [-0.1, -0.05) is 44.2 Å². The van der Waals surface area contributed by atoms with Gasteiger partial charge in [0.25, 0.3) is 0 Å². The summed E-state index contributed by atoms with van der Waals surface area (Å²) >= 11 is 0. The van der Waals surface area contributed by atoms with Gasteiger partial charge >= 0.3 is 0 Å². The van der Waals surface area contributed by atoms with E-state index in [2.05, 4.69) is 28.3 Å². The van der Waals surface area contributed by atoms with Crippen molar-refractivity contribution < 1.29 is 4.79 Å². The molecule has 1 aromatic carbocycles. The van der Waals surface area contributed by atoms with Crippen LogP contribution in [0.3, 0.4) is 0 Å². The average Bonchev–Trinajstić information content (AvgIpc) is 2.39. The van der Waals surface area contributed by atoms with Gasteiger partial charge in [-0.15, -0.1) is 9.24 Å². The van der Waals surface area contributed by atoms with Crippen LogP contribution in [0.4, 0.5) is 0 Å². The number of benzene rings is 1. The van der Waals surface area contributed by atoms with Crippen molar-refractivity contribution in [3.8, 4) is 0 Å². The van der Waals surface area contributed by atoms with Crippen LogP contribution in [0.1, 0.15) is 49.0 Å². The van der Waals surface area contributed by atoms with Crippen molar-refractivity contribution in [3.05, 3.63) is 47.0 Å². The summed E-state index contributed by atoms with van der Waals surface area (Å²) in [6.45, 7) is 6.12. The molecule has 0 N–H and O–H groups in total. The van der Waals surface area contributed by atoms with Gasteiger partial charge in [0.1, 0.15) is 0 Å². The highest BCUT2D eigenvalue weighted by Gasteiger charge is 2.10. The first-order chi connectivity index (χ1) is 8.13. The third-order valence-electron chi connectivity index (χ3n) is 3.12. The normalized spacial score (nSPS) is 13.5. The Hall–Kier alpha value is -0.940. The number of Topliss-reactive ketones (excluding diaryl/α,β-unsaturated/α-hetero) is 1. The van der Waals surface area contributed by atoms with E-state index in [1.165, 1.54) is 5.56 Å². The third kappa shape index (κ3) is 3.51. The minimum absolute atomic E-state index is 0.153. The van der Waals surface area contributed by atoms with Crippen LogP contribution in [0.15, 0.2) is 35.9 Å². The van der Waals surface area contributed by atoms with E-state index in [1.807, 2.05) is 32.1 Å². The van der Waals surface area contributed by atoms with Crippen LogP contribution >= 0.6 is 9.24 Å². The van der Waals surface area contributed by atoms with Gasteiger partial charge in [-0.2, -0.15) is 0 Å². The summed E-state index contributed by atoms with van der Waals surface area (Å²) < 4.78 is 0. The number of carbonyl (C=O) groups excluding carboxylic acids is 1.